The SMILES string of the molecule is COc1ccccc1-n1nc2c(c1-c1ccc(Cl)cc1)C[C@H](O)C2.COc1ccccc1-n1nc2c(c1Br)C[C@H](C)C2.COc1ccccc1-n1nc2c(c1Br)C[C@H](O)C2.COc1ccccc1N/N=C(\Cl)C[C@@H](C)CC#CBr.OB(O)c1ccc(Cl)cc1. The van der Waals surface area contributed by atoms with Gasteiger partial charge in [0.1, 0.15) is 54.4 Å². The molecule has 464 valence electrons. The average molecular weight is 1460 g/mol. The largest absolute Gasteiger partial charge is 0.495 e. The molecule has 3 aromatic heterocycles. The Labute approximate surface area is 559 Å². The summed E-state index contributed by atoms with van der Waals surface area (Å²) in [5.41, 5.74) is 15.6. The summed E-state index contributed by atoms with van der Waals surface area (Å²) in [7, 11) is 5.20. The Morgan fingerprint density at radius 3 is 1.52 bits per heavy atom. The number of hydrazone groups is 1. The monoisotopic (exact) mass is 1450 g/mol. The minimum Gasteiger partial charge on any atom is -0.495 e. The Balaban J connectivity index is 0.000000147. The highest BCUT2D eigenvalue weighted by molar-refractivity contribution is 9.12. The van der Waals surface area contributed by atoms with Gasteiger partial charge in [0.2, 0.25) is 0 Å². The highest BCUT2D eigenvalue weighted by atomic mass is 79.9. The maximum absolute atomic E-state index is 10.0. The molecule has 3 heterocycles. The standard InChI is InChI=1S/C19H17ClN2O2.C14H16BrClN2O.C14H15BrN2O.C13H13BrN2O2.C6H6BClO2/c1-24-18-5-3-2-4-17(18)22-19(12-6-8-13(20)9-7-12)15-10-14(23)11-16(15)21-22;1-11(6-5-9-15)10-14(16)18-17-12-7-3-4-8-13(12)19-2;1-9-7-10-11(8-9)16-17(14(10)15)12-5-3-4-6-13(12)18-2;1-18-12-5-3-2-4-11(12)16-13(14)9-6-8(17)7-10(9)15-16;8-6-3-1-5(2-4-6)7(9)10/h2-9,14,23H,10-11H2,1H3;3-4,7-8,11,17H,6,10H2,1-2H3;3-6,9H,7-8H2,1-2H3;2-5,8,17H,6-7H2,1H3;1-4,9-10H/b;18-14-;;;/t14-;11-;9-;8-;/m0000./s1. The summed E-state index contributed by atoms with van der Waals surface area (Å²) >= 11 is 28.0. The lowest BCUT2D eigenvalue weighted by Crippen LogP contribution is -2.29. The topological polar surface area (TPSA) is 196 Å². The van der Waals surface area contributed by atoms with Crippen molar-refractivity contribution in [3.05, 3.63) is 199 Å². The number of fused-ring (bicyclic) bond motifs is 3. The van der Waals surface area contributed by atoms with Gasteiger partial charge in [0.15, 0.2) is 0 Å². The number of rotatable bonds is 14. The number of hydrogen-bond acceptors (Lipinski definition) is 13. The van der Waals surface area contributed by atoms with Crippen LogP contribution in [-0.4, -0.2) is 103 Å². The lowest BCUT2D eigenvalue weighted by atomic mass is 9.81. The summed E-state index contributed by atoms with van der Waals surface area (Å²) in [6.07, 6.45) is 5.45. The van der Waals surface area contributed by atoms with Crippen molar-refractivity contribution in [2.75, 3.05) is 33.9 Å². The van der Waals surface area contributed by atoms with Gasteiger partial charge in [-0.1, -0.05) is 127 Å². The molecular weight excluding hydrogens is 1390 g/mol. The molecule has 0 spiro atoms. The van der Waals surface area contributed by atoms with Gasteiger partial charge in [0.05, 0.1) is 69.1 Å². The third-order valence-corrected chi connectivity index (χ3v) is 17.2. The van der Waals surface area contributed by atoms with Crippen molar-refractivity contribution in [3.63, 3.8) is 0 Å². The van der Waals surface area contributed by atoms with Crippen LogP contribution in [0.5, 0.6) is 23.0 Å². The molecule has 0 bridgehead atoms. The Kier molecular flexibility index (Phi) is 25.3. The first kappa shape index (κ1) is 68.3. The van der Waals surface area contributed by atoms with E-state index in [-0.39, 0.29) is 12.2 Å². The van der Waals surface area contributed by atoms with E-state index in [1.165, 1.54) is 11.3 Å². The van der Waals surface area contributed by atoms with Gasteiger partial charge >= 0.3 is 7.12 Å². The van der Waals surface area contributed by atoms with Crippen LogP contribution in [0.4, 0.5) is 5.69 Å². The lowest BCUT2D eigenvalue weighted by molar-refractivity contribution is 0.185. The van der Waals surface area contributed by atoms with Gasteiger partial charge < -0.3 is 39.2 Å². The van der Waals surface area contributed by atoms with E-state index < -0.39 is 7.12 Å². The number of nitrogens with zero attached hydrogens (tertiary/aromatic N) is 7. The molecule has 0 saturated carbocycles. The molecule has 0 aliphatic heterocycles. The van der Waals surface area contributed by atoms with Gasteiger partial charge in [-0.05, 0) is 140 Å². The number of para-hydroxylation sites is 8. The average Bonchev–Trinajstić information content (AvgIpc) is 1.78. The van der Waals surface area contributed by atoms with Crippen LogP contribution in [0.15, 0.2) is 160 Å². The van der Waals surface area contributed by atoms with Crippen molar-refractivity contribution in [1.29, 1.82) is 0 Å². The summed E-state index contributed by atoms with van der Waals surface area (Å²) in [4.78, 5) is 2.69. The fraction of sp³-hybridized carbons (Fsp3) is 0.273. The Morgan fingerprint density at radius 1 is 0.607 bits per heavy atom. The molecule has 3 aliphatic carbocycles. The van der Waals surface area contributed by atoms with Crippen molar-refractivity contribution in [1.82, 2.24) is 29.3 Å². The Hall–Kier alpha value is -6.61. The van der Waals surface area contributed by atoms with E-state index >= 15 is 0 Å². The number of halogens is 6. The first-order valence-electron chi connectivity index (χ1n) is 28.4. The predicted octanol–water partition coefficient (Wildman–Crippen LogP) is 13.6. The number of anilines is 1. The van der Waals surface area contributed by atoms with Crippen LogP contribution in [0.3, 0.4) is 0 Å². The van der Waals surface area contributed by atoms with Crippen LogP contribution in [0.1, 0.15) is 60.5 Å². The third kappa shape index (κ3) is 17.7. The highest BCUT2D eigenvalue weighted by Gasteiger charge is 2.31. The summed E-state index contributed by atoms with van der Waals surface area (Å²) in [6, 6.07) is 45.1. The van der Waals surface area contributed by atoms with Crippen molar-refractivity contribution in [2.24, 2.45) is 16.9 Å². The zero-order chi connectivity index (χ0) is 63.7. The van der Waals surface area contributed by atoms with Crippen LogP contribution in [0, 0.1) is 22.6 Å². The number of aliphatic hydroxyl groups is 2. The van der Waals surface area contributed by atoms with E-state index in [1.807, 2.05) is 135 Å². The second-order valence-electron chi connectivity index (χ2n) is 21.1. The van der Waals surface area contributed by atoms with Crippen LogP contribution in [-0.2, 0) is 38.5 Å². The van der Waals surface area contributed by atoms with E-state index in [0.29, 0.717) is 64.6 Å². The summed E-state index contributed by atoms with van der Waals surface area (Å²) in [5.74, 6) is 7.13. The second-order valence-corrected chi connectivity index (χ2v) is 24.3. The molecule has 12 rings (SSSR count). The molecular formula is C66H67BBr3Cl3N8O8. The molecule has 0 saturated heterocycles. The number of nitrogens with one attached hydrogen (secondary N) is 1. The number of hydrogen-bond donors (Lipinski definition) is 5. The normalized spacial score (nSPS) is 15.3. The number of aliphatic hydroxyl groups excluding tert-OH is 2. The molecule has 4 atom stereocenters. The van der Waals surface area contributed by atoms with Crippen molar-refractivity contribution >= 4 is 106 Å². The molecule has 89 heavy (non-hydrogen) atoms. The zero-order valence-electron chi connectivity index (χ0n) is 49.7. The third-order valence-electron chi connectivity index (χ3n) is 14.6. The molecule has 3 aliphatic rings. The number of benzene rings is 6. The quantitative estimate of drug-likeness (QED) is 0.0300. The second kappa shape index (κ2) is 32.9. The first-order valence-corrected chi connectivity index (χ1v) is 31.9. The van der Waals surface area contributed by atoms with Crippen molar-refractivity contribution in [2.45, 2.75) is 77.4 Å². The van der Waals surface area contributed by atoms with E-state index in [4.69, 9.17) is 74.0 Å². The summed E-state index contributed by atoms with van der Waals surface area (Å²) in [6.45, 7) is 4.35. The van der Waals surface area contributed by atoms with Crippen molar-refractivity contribution in [3.8, 4) is 62.1 Å². The number of ether oxygens (including phenoxy) is 4. The van der Waals surface area contributed by atoms with E-state index in [1.54, 1.807) is 52.7 Å². The molecule has 9 aromatic rings. The fourth-order valence-electron chi connectivity index (χ4n) is 10.3. The minimum absolute atomic E-state index is 0.300. The number of aromatic nitrogens is 6. The molecule has 0 unspecified atom stereocenters. The van der Waals surface area contributed by atoms with Crippen LogP contribution in [0.2, 0.25) is 10.0 Å². The van der Waals surface area contributed by atoms with Gasteiger partial charge in [-0.3, -0.25) is 5.43 Å². The maximum Gasteiger partial charge on any atom is 0.488 e. The van der Waals surface area contributed by atoms with Crippen LogP contribution < -0.4 is 29.8 Å². The van der Waals surface area contributed by atoms with Crippen LogP contribution >= 0.6 is 82.6 Å². The van der Waals surface area contributed by atoms with Crippen molar-refractivity contribution < 1.29 is 39.2 Å². The summed E-state index contributed by atoms with van der Waals surface area (Å²) < 4.78 is 29.1. The predicted molar refractivity (Wildman–Crippen MR) is 366 cm³/mol. The Bertz CT molecular complexity index is 3810. The van der Waals surface area contributed by atoms with Gasteiger partial charge in [-0.15, -0.1) is 0 Å². The summed E-state index contributed by atoms with van der Waals surface area (Å²) in [5, 5.41) is 56.9. The maximum atomic E-state index is 10.0. The van der Waals surface area contributed by atoms with E-state index in [2.05, 4.69) is 88.0 Å². The van der Waals surface area contributed by atoms with Crippen LogP contribution in [0.25, 0.3) is 28.3 Å². The molecule has 0 fully saturated rings. The smallest absolute Gasteiger partial charge is 0.488 e. The van der Waals surface area contributed by atoms with E-state index in [0.717, 1.165) is 108 Å². The molecule has 0 radical (unpaired) electrons. The fourth-order valence-corrected chi connectivity index (χ4v) is 12.3. The lowest BCUT2D eigenvalue weighted by Gasteiger charge is -2.13. The van der Waals surface area contributed by atoms with Gasteiger partial charge in [-0.2, -0.15) is 20.4 Å². The highest BCUT2D eigenvalue weighted by Crippen LogP contribution is 2.39. The number of methoxy groups -OCH3 is 4. The Morgan fingerprint density at radius 2 is 1.03 bits per heavy atom. The minimum atomic E-state index is -1.41. The molecule has 0 amide bonds. The molecule has 16 nitrogen and oxygen atoms in total. The van der Waals surface area contributed by atoms with Gasteiger partial charge in [0, 0.05) is 86.8 Å². The van der Waals surface area contributed by atoms with E-state index in [9.17, 15) is 10.2 Å². The molecule has 23 heteroatoms. The molecule has 6 aromatic carbocycles. The van der Waals surface area contributed by atoms with Gasteiger partial charge in [-0.25, -0.2) is 14.0 Å². The molecule has 5 N–H and O–H groups in total. The van der Waals surface area contributed by atoms with Gasteiger partial charge in [0.25, 0.3) is 0 Å². The zero-order valence-corrected chi connectivity index (χ0v) is 56.7. The first-order chi connectivity index (χ1) is 42.9.